The van der Waals surface area contributed by atoms with E-state index in [1.54, 1.807) is 39.6 Å². The number of aryl methyl sites for hydroxylation is 1. The van der Waals surface area contributed by atoms with E-state index in [9.17, 15) is 9.36 Å². The first-order valence-corrected chi connectivity index (χ1v) is 17.1. The van der Waals surface area contributed by atoms with E-state index in [2.05, 4.69) is 17.4 Å². The molecule has 1 saturated carbocycles. The minimum absolute atomic E-state index is 0.105. The number of amides is 1. The molecule has 0 saturated heterocycles. The summed E-state index contributed by atoms with van der Waals surface area (Å²) in [5.74, 6) is 1.38. The van der Waals surface area contributed by atoms with Gasteiger partial charge in [-0.25, -0.2) is 9.36 Å². The Bertz CT molecular complexity index is 1260. The van der Waals surface area contributed by atoms with Gasteiger partial charge in [-0.3, -0.25) is 13.6 Å². The Morgan fingerprint density at radius 1 is 1.07 bits per heavy atom. The molecule has 0 unspecified atom stereocenters. The number of ether oxygens (including phenoxy) is 3. The molecule has 2 aromatic rings. The summed E-state index contributed by atoms with van der Waals surface area (Å²) in [4.78, 5) is 14.9. The molecule has 0 aromatic heterocycles. The molecule has 12 heteroatoms. The first-order chi connectivity index (χ1) is 20.3. The second kappa shape index (κ2) is 16.0. The van der Waals surface area contributed by atoms with Crippen LogP contribution in [0.15, 0.2) is 46.2 Å². The van der Waals surface area contributed by atoms with Gasteiger partial charge < -0.3 is 19.5 Å². The van der Waals surface area contributed by atoms with E-state index >= 15 is 0 Å². The van der Waals surface area contributed by atoms with Crippen LogP contribution in [0.2, 0.25) is 5.02 Å². The van der Waals surface area contributed by atoms with Gasteiger partial charge in [0, 0.05) is 31.2 Å². The van der Waals surface area contributed by atoms with E-state index in [0.717, 1.165) is 27.5 Å². The lowest BCUT2D eigenvalue weighted by Crippen LogP contribution is -2.53. The lowest BCUT2D eigenvalue weighted by atomic mass is 9.87. The third kappa shape index (κ3) is 11.3. The van der Waals surface area contributed by atoms with Gasteiger partial charge in [-0.15, -0.1) is 0 Å². The summed E-state index contributed by atoms with van der Waals surface area (Å²) in [7, 11) is 0.314. The summed E-state index contributed by atoms with van der Waals surface area (Å²) in [6.07, 6.45) is 4.06. The molecule has 0 bridgehead atoms. The van der Waals surface area contributed by atoms with Crippen LogP contribution in [0.3, 0.4) is 0 Å². The van der Waals surface area contributed by atoms with E-state index in [1.165, 1.54) is 32.6 Å². The molecule has 1 N–H and O–H groups in total. The molecule has 1 aliphatic carbocycles. The summed E-state index contributed by atoms with van der Waals surface area (Å²) in [6.45, 7) is 7.45. The molecule has 0 aliphatic heterocycles. The molecule has 9 nitrogen and oxygen atoms in total. The number of carbonyl (C=O) groups excluding carboxylic acids is 1. The second-order valence-corrected chi connectivity index (χ2v) is 15.0. The van der Waals surface area contributed by atoms with Crippen molar-refractivity contribution >= 4 is 37.3 Å². The van der Waals surface area contributed by atoms with Crippen LogP contribution in [0.25, 0.3) is 0 Å². The van der Waals surface area contributed by atoms with Gasteiger partial charge in [-0.1, -0.05) is 48.8 Å². The zero-order valence-electron chi connectivity index (χ0n) is 26.2. The van der Waals surface area contributed by atoms with E-state index < -0.39 is 25.1 Å². The van der Waals surface area contributed by atoms with Crippen molar-refractivity contribution < 1.29 is 37.1 Å². The summed E-state index contributed by atoms with van der Waals surface area (Å²) < 4.78 is 44.8. The number of rotatable bonds is 17. The molecule has 3 rings (SSSR count). The van der Waals surface area contributed by atoms with E-state index in [-0.39, 0.29) is 13.4 Å². The maximum absolute atomic E-state index is 12.9. The van der Waals surface area contributed by atoms with Gasteiger partial charge in [-0.2, -0.15) is 0 Å². The minimum Gasteiger partial charge on any atom is -0.466 e. The number of hydrogen-bond donors (Lipinski definition) is 1. The summed E-state index contributed by atoms with van der Waals surface area (Å²) in [6, 6.07) is 12.3. The van der Waals surface area contributed by atoms with E-state index in [1.807, 2.05) is 31.2 Å². The van der Waals surface area contributed by atoms with Crippen molar-refractivity contribution in [2.75, 3.05) is 34.7 Å². The van der Waals surface area contributed by atoms with Crippen LogP contribution in [0, 0.1) is 0 Å². The number of benzene rings is 2. The molecular formula is C31H45ClNO8PS. The first kappa shape index (κ1) is 35.7. The first-order valence-electron chi connectivity index (χ1n) is 14.4. The highest BCUT2D eigenvalue weighted by Gasteiger charge is 2.37. The molecule has 2 aromatic carbocycles. The number of halogens is 1. The Hall–Kier alpha value is -1.78. The number of alkyl carbamates (subject to hydrolysis) is 1. The maximum atomic E-state index is 12.9. The smallest absolute Gasteiger partial charge is 0.466 e. The maximum Gasteiger partial charge on any atom is 0.474 e. The average Bonchev–Trinajstić information content (AvgIpc) is 3.80. The average molecular weight is 658 g/mol. The van der Waals surface area contributed by atoms with Gasteiger partial charge in [0.05, 0.1) is 17.0 Å². The van der Waals surface area contributed by atoms with Gasteiger partial charge in [0.25, 0.3) is 0 Å². The van der Waals surface area contributed by atoms with Gasteiger partial charge >= 0.3 is 13.9 Å². The lowest BCUT2D eigenvalue weighted by molar-refractivity contribution is 0.0351. The van der Waals surface area contributed by atoms with Crippen molar-refractivity contribution in [3.05, 3.63) is 52.5 Å². The van der Waals surface area contributed by atoms with Crippen LogP contribution in [-0.4, -0.2) is 52.0 Å². The van der Waals surface area contributed by atoms with Crippen LogP contribution in [0.5, 0.6) is 5.75 Å². The van der Waals surface area contributed by atoms with Crippen LogP contribution in [0.4, 0.5) is 4.79 Å². The number of phosphoric acid groups is 1. The fourth-order valence-electron chi connectivity index (χ4n) is 4.62. The predicted molar refractivity (Wildman–Crippen MR) is 169 cm³/mol. The van der Waals surface area contributed by atoms with E-state index in [4.69, 9.17) is 39.4 Å². The summed E-state index contributed by atoms with van der Waals surface area (Å²) >= 11 is 8.40. The quantitative estimate of drug-likeness (QED) is 0.132. The SMILES string of the molecule is CCC[C@](CCc1ccc(Sc2cc(C3CC3)ccc2OCOC)cc1Cl)(COP(=O)(OC)OC)NC(=O)OC(C)(C)C. The van der Waals surface area contributed by atoms with Crippen molar-refractivity contribution in [2.24, 2.45) is 0 Å². The van der Waals surface area contributed by atoms with E-state index in [0.29, 0.717) is 30.2 Å². The summed E-state index contributed by atoms with van der Waals surface area (Å²) in [5.41, 5.74) is 0.605. The molecular weight excluding hydrogens is 613 g/mol. The topological polar surface area (TPSA) is 102 Å². The van der Waals surface area contributed by atoms with Crippen molar-refractivity contribution in [3.63, 3.8) is 0 Å². The zero-order valence-corrected chi connectivity index (χ0v) is 28.7. The highest BCUT2D eigenvalue weighted by atomic mass is 35.5. The Morgan fingerprint density at radius 2 is 1.79 bits per heavy atom. The van der Waals surface area contributed by atoms with Gasteiger partial charge in [0.15, 0.2) is 6.79 Å². The molecule has 0 radical (unpaired) electrons. The number of phosphoric ester groups is 1. The lowest BCUT2D eigenvalue weighted by Gasteiger charge is -2.36. The molecule has 240 valence electrons. The molecule has 0 spiro atoms. The highest BCUT2D eigenvalue weighted by Crippen LogP contribution is 2.49. The monoisotopic (exact) mass is 657 g/mol. The molecule has 0 heterocycles. The fraction of sp³-hybridized carbons (Fsp3) is 0.581. The van der Waals surface area contributed by atoms with Crippen molar-refractivity contribution in [2.45, 2.75) is 93.1 Å². The second-order valence-electron chi connectivity index (χ2n) is 11.6. The third-order valence-electron chi connectivity index (χ3n) is 6.91. The van der Waals surface area contributed by atoms with Crippen LogP contribution in [-0.2, 0) is 34.0 Å². The van der Waals surface area contributed by atoms with Crippen molar-refractivity contribution in [1.82, 2.24) is 5.32 Å². The molecule has 1 fully saturated rings. The van der Waals surface area contributed by atoms with Crippen LogP contribution in [0.1, 0.15) is 76.8 Å². The van der Waals surface area contributed by atoms with Gasteiger partial charge in [0.2, 0.25) is 0 Å². The van der Waals surface area contributed by atoms with Crippen molar-refractivity contribution in [3.8, 4) is 5.75 Å². The fourth-order valence-corrected chi connectivity index (χ4v) is 6.72. The summed E-state index contributed by atoms with van der Waals surface area (Å²) in [5, 5.41) is 3.60. The minimum atomic E-state index is -3.79. The Kier molecular flexibility index (Phi) is 13.3. The van der Waals surface area contributed by atoms with Crippen molar-refractivity contribution in [1.29, 1.82) is 0 Å². The largest absolute Gasteiger partial charge is 0.474 e. The molecule has 1 amide bonds. The van der Waals surface area contributed by atoms with Gasteiger partial charge in [-0.05, 0) is 94.2 Å². The van der Waals surface area contributed by atoms with Crippen LogP contribution < -0.4 is 10.1 Å². The third-order valence-corrected chi connectivity index (χ3v) is 9.64. The highest BCUT2D eigenvalue weighted by molar-refractivity contribution is 7.99. The predicted octanol–water partition coefficient (Wildman–Crippen LogP) is 8.77. The molecule has 43 heavy (non-hydrogen) atoms. The molecule has 1 aliphatic rings. The number of hydrogen-bond acceptors (Lipinski definition) is 9. The Morgan fingerprint density at radius 3 is 2.37 bits per heavy atom. The number of nitrogens with one attached hydrogen (secondary N) is 1. The molecule has 1 atom stereocenters. The Labute approximate surface area is 265 Å². The normalized spacial score (nSPS) is 15.2. The van der Waals surface area contributed by atoms with Crippen LogP contribution >= 0.6 is 31.2 Å². The van der Waals surface area contributed by atoms with Gasteiger partial charge in [0.1, 0.15) is 11.4 Å². The Balaban J connectivity index is 1.81. The number of methoxy groups -OCH3 is 1. The number of carbonyl (C=O) groups is 1. The standard InChI is InChI=1S/C31H45ClNO8PS/c1-8-16-31(20-40-42(35,37-6)38-7,33-29(34)41-30(2,3)4)17-15-23-11-13-25(19-26(23)32)43-28-18-24(22-9-10-22)12-14-27(28)39-21-36-5/h11-14,18-19,22H,8-10,15-17,20-21H2,1-7H3,(H,33,34)/t31-/m0/s1. The zero-order chi connectivity index (χ0) is 31.7.